The van der Waals surface area contributed by atoms with Gasteiger partial charge in [0.15, 0.2) is 0 Å². The number of halogens is 1. The number of anilines is 1. The van der Waals surface area contributed by atoms with Crippen molar-refractivity contribution in [3.63, 3.8) is 0 Å². The summed E-state index contributed by atoms with van der Waals surface area (Å²) in [6.45, 7) is 0. The van der Waals surface area contributed by atoms with E-state index in [1.54, 1.807) is 6.07 Å². The highest BCUT2D eigenvalue weighted by atomic mass is 79.9. The molecule has 0 aliphatic carbocycles. The largest absolute Gasteiger partial charge is 0.494 e. The normalized spacial score (nSPS) is 9.38. The van der Waals surface area contributed by atoms with Gasteiger partial charge in [-0.25, -0.2) is 9.78 Å². The van der Waals surface area contributed by atoms with Crippen molar-refractivity contribution in [2.24, 2.45) is 0 Å². The van der Waals surface area contributed by atoms with Crippen LogP contribution in [0.15, 0.2) is 16.9 Å². The van der Waals surface area contributed by atoms with Crippen molar-refractivity contribution in [2.45, 2.75) is 0 Å². The molecule has 0 radical (unpaired) electrons. The SMILES string of the molecule is COc1ccnc(Br)c1NC(=O)O. The van der Waals surface area contributed by atoms with Gasteiger partial charge in [-0.05, 0) is 15.9 Å². The van der Waals surface area contributed by atoms with Crippen molar-refractivity contribution in [2.75, 3.05) is 12.4 Å². The Morgan fingerprint density at radius 1 is 1.77 bits per heavy atom. The summed E-state index contributed by atoms with van der Waals surface area (Å²) in [5.74, 6) is 0.421. The smallest absolute Gasteiger partial charge is 0.409 e. The standard InChI is InChI=1S/C7H7BrN2O3/c1-13-4-2-3-9-6(8)5(4)10-7(11)12/h2-3,10H,1H3,(H,11,12). The highest BCUT2D eigenvalue weighted by molar-refractivity contribution is 9.10. The van der Waals surface area contributed by atoms with E-state index in [0.717, 1.165) is 0 Å². The molecule has 0 aromatic carbocycles. The molecule has 1 aromatic rings. The second kappa shape index (κ2) is 4.08. The molecule has 0 saturated heterocycles. The second-order valence-electron chi connectivity index (χ2n) is 2.11. The van der Waals surface area contributed by atoms with E-state index >= 15 is 0 Å². The lowest BCUT2D eigenvalue weighted by Crippen LogP contribution is -2.09. The van der Waals surface area contributed by atoms with Gasteiger partial charge in [-0.3, -0.25) is 5.32 Å². The monoisotopic (exact) mass is 246 g/mol. The predicted molar refractivity (Wildman–Crippen MR) is 50.1 cm³/mol. The zero-order chi connectivity index (χ0) is 9.84. The van der Waals surface area contributed by atoms with Gasteiger partial charge < -0.3 is 9.84 Å². The van der Waals surface area contributed by atoms with Gasteiger partial charge in [-0.2, -0.15) is 0 Å². The Labute approximate surface area is 82.9 Å². The topological polar surface area (TPSA) is 71.5 Å². The molecule has 0 aliphatic rings. The van der Waals surface area contributed by atoms with Crippen LogP contribution in [0.1, 0.15) is 0 Å². The first-order valence-corrected chi connectivity index (χ1v) is 4.13. The minimum Gasteiger partial charge on any atom is -0.494 e. The van der Waals surface area contributed by atoms with E-state index in [4.69, 9.17) is 9.84 Å². The summed E-state index contributed by atoms with van der Waals surface area (Å²) < 4.78 is 5.33. The molecule has 5 nitrogen and oxygen atoms in total. The minimum atomic E-state index is -1.16. The number of carboxylic acid groups (broad SMARTS) is 1. The molecule has 0 unspecified atom stereocenters. The molecule has 0 aliphatic heterocycles. The molecule has 1 rings (SSSR count). The number of aromatic nitrogens is 1. The Morgan fingerprint density at radius 2 is 2.46 bits per heavy atom. The van der Waals surface area contributed by atoms with Crippen molar-refractivity contribution in [1.29, 1.82) is 0 Å². The fraction of sp³-hybridized carbons (Fsp3) is 0.143. The van der Waals surface area contributed by atoms with Crippen LogP contribution in [0, 0.1) is 0 Å². The number of amides is 1. The number of hydrogen-bond donors (Lipinski definition) is 2. The molecule has 1 heterocycles. The molecule has 70 valence electrons. The molecule has 6 heteroatoms. The van der Waals surface area contributed by atoms with Gasteiger partial charge in [0.05, 0.1) is 7.11 Å². The summed E-state index contributed by atoms with van der Waals surface area (Å²) in [6, 6.07) is 1.57. The number of pyridine rings is 1. The molecular weight excluding hydrogens is 240 g/mol. The molecule has 0 atom stereocenters. The van der Waals surface area contributed by atoms with Crippen LogP contribution in [-0.2, 0) is 0 Å². The van der Waals surface area contributed by atoms with Crippen LogP contribution in [0.3, 0.4) is 0 Å². The maximum absolute atomic E-state index is 10.4. The molecule has 2 N–H and O–H groups in total. The second-order valence-corrected chi connectivity index (χ2v) is 2.86. The highest BCUT2D eigenvalue weighted by Gasteiger charge is 2.10. The van der Waals surface area contributed by atoms with Gasteiger partial charge in [0.2, 0.25) is 0 Å². The van der Waals surface area contributed by atoms with Crippen LogP contribution in [-0.4, -0.2) is 23.3 Å². The van der Waals surface area contributed by atoms with E-state index in [1.807, 2.05) is 0 Å². The van der Waals surface area contributed by atoms with E-state index in [0.29, 0.717) is 16.0 Å². The first-order chi connectivity index (χ1) is 6.15. The molecule has 13 heavy (non-hydrogen) atoms. The summed E-state index contributed by atoms with van der Waals surface area (Å²) in [7, 11) is 1.45. The average Bonchev–Trinajstić information content (AvgIpc) is 2.08. The summed E-state index contributed by atoms with van der Waals surface area (Å²) in [4.78, 5) is 14.2. The Bertz CT molecular complexity index is 330. The zero-order valence-corrected chi connectivity index (χ0v) is 8.33. The number of hydrogen-bond acceptors (Lipinski definition) is 3. The summed E-state index contributed by atoms with van der Waals surface area (Å²) in [5.41, 5.74) is 0.303. The highest BCUT2D eigenvalue weighted by Crippen LogP contribution is 2.29. The van der Waals surface area contributed by atoms with Crippen LogP contribution in [0.25, 0.3) is 0 Å². The predicted octanol–water partition coefficient (Wildman–Crippen LogP) is 1.94. The first kappa shape index (κ1) is 9.79. The number of methoxy groups -OCH3 is 1. The number of nitrogens with one attached hydrogen (secondary N) is 1. The van der Waals surface area contributed by atoms with Gasteiger partial charge in [0, 0.05) is 12.3 Å². The fourth-order valence-electron chi connectivity index (χ4n) is 0.810. The van der Waals surface area contributed by atoms with Crippen LogP contribution in [0.4, 0.5) is 10.5 Å². The molecule has 0 saturated carbocycles. The van der Waals surface area contributed by atoms with Crippen LogP contribution >= 0.6 is 15.9 Å². The van der Waals surface area contributed by atoms with Crippen molar-refractivity contribution in [3.8, 4) is 5.75 Å². The average molecular weight is 247 g/mol. The number of rotatable bonds is 2. The lowest BCUT2D eigenvalue weighted by molar-refractivity contribution is 0.209. The van der Waals surface area contributed by atoms with Crippen molar-refractivity contribution in [1.82, 2.24) is 4.98 Å². The number of ether oxygens (including phenoxy) is 1. The Kier molecular flexibility index (Phi) is 3.07. The summed E-state index contributed by atoms with van der Waals surface area (Å²) >= 11 is 3.10. The maximum Gasteiger partial charge on any atom is 0.409 e. The fourth-order valence-corrected chi connectivity index (χ4v) is 1.22. The van der Waals surface area contributed by atoms with Crippen LogP contribution in [0.5, 0.6) is 5.75 Å². The van der Waals surface area contributed by atoms with Gasteiger partial charge in [0.25, 0.3) is 0 Å². The van der Waals surface area contributed by atoms with Gasteiger partial charge in [-0.1, -0.05) is 0 Å². The number of nitrogens with zero attached hydrogens (tertiary/aromatic N) is 1. The Morgan fingerprint density at radius 3 is 3.00 bits per heavy atom. The van der Waals surface area contributed by atoms with E-state index in [9.17, 15) is 4.79 Å². The van der Waals surface area contributed by atoms with E-state index in [-0.39, 0.29) is 0 Å². The summed E-state index contributed by atoms with van der Waals surface area (Å²) in [5, 5.41) is 10.7. The van der Waals surface area contributed by atoms with Gasteiger partial charge in [0.1, 0.15) is 16.0 Å². The Hall–Kier alpha value is -1.30. The van der Waals surface area contributed by atoms with Crippen LogP contribution < -0.4 is 10.1 Å². The lowest BCUT2D eigenvalue weighted by Gasteiger charge is -2.08. The summed E-state index contributed by atoms with van der Waals surface area (Å²) in [6.07, 6.45) is 0.350. The van der Waals surface area contributed by atoms with Gasteiger partial charge in [-0.15, -0.1) is 0 Å². The van der Waals surface area contributed by atoms with Crippen LogP contribution in [0.2, 0.25) is 0 Å². The zero-order valence-electron chi connectivity index (χ0n) is 6.74. The van der Waals surface area contributed by atoms with Crippen molar-refractivity contribution in [3.05, 3.63) is 16.9 Å². The third-order valence-electron chi connectivity index (χ3n) is 1.32. The van der Waals surface area contributed by atoms with Crippen molar-refractivity contribution >= 4 is 27.7 Å². The molecule has 1 amide bonds. The quantitative estimate of drug-likeness (QED) is 0.783. The minimum absolute atomic E-state index is 0.303. The molecule has 0 spiro atoms. The van der Waals surface area contributed by atoms with E-state index in [2.05, 4.69) is 26.2 Å². The van der Waals surface area contributed by atoms with Crippen molar-refractivity contribution < 1.29 is 14.6 Å². The molecule has 0 bridgehead atoms. The first-order valence-electron chi connectivity index (χ1n) is 3.33. The third kappa shape index (κ3) is 2.32. The lowest BCUT2D eigenvalue weighted by atomic mass is 10.4. The van der Waals surface area contributed by atoms with E-state index < -0.39 is 6.09 Å². The molecule has 0 fully saturated rings. The van der Waals surface area contributed by atoms with Gasteiger partial charge >= 0.3 is 6.09 Å². The molecule has 1 aromatic heterocycles. The number of carbonyl (C=O) groups is 1. The Balaban J connectivity index is 3.07. The molecular formula is C7H7BrN2O3. The third-order valence-corrected chi connectivity index (χ3v) is 1.92. The maximum atomic E-state index is 10.4. The van der Waals surface area contributed by atoms with E-state index in [1.165, 1.54) is 13.3 Å².